The van der Waals surface area contributed by atoms with Gasteiger partial charge in [0.1, 0.15) is 23.4 Å². The van der Waals surface area contributed by atoms with E-state index in [0.717, 1.165) is 28.7 Å². The molecule has 0 fully saturated rings. The number of halogens is 1. The van der Waals surface area contributed by atoms with Gasteiger partial charge in [0.2, 0.25) is 5.88 Å². The zero-order valence-electron chi connectivity index (χ0n) is 19.6. The standard InChI is InChI=1S/C24H23BrN6O4/c1-4-6-7-8-9-31-22(33)16(12-27)13(3)19(24(31)35)28-29-20-14(11-26)10-15-17(18(20)25)23(34)30(5-2)21(15)32/h10,35H,4-9H2,1-3H3/b29-28+. The second kappa shape index (κ2) is 10.6. The molecule has 11 heteroatoms. The van der Waals surface area contributed by atoms with Crippen LogP contribution in [-0.4, -0.2) is 32.9 Å². The van der Waals surface area contributed by atoms with Crippen LogP contribution in [0.5, 0.6) is 5.88 Å². The summed E-state index contributed by atoms with van der Waals surface area (Å²) in [5.74, 6) is -1.46. The number of rotatable bonds is 8. The van der Waals surface area contributed by atoms with Crippen molar-refractivity contribution >= 4 is 39.1 Å². The van der Waals surface area contributed by atoms with E-state index in [1.165, 1.54) is 13.0 Å². The van der Waals surface area contributed by atoms with Gasteiger partial charge in [0.05, 0.1) is 21.2 Å². The fourth-order valence-corrected chi connectivity index (χ4v) is 4.60. The van der Waals surface area contributed by atoms with E-state index in [-0.39, 0.29) is 56.8 Å². The van der Waals surface area contributed by atoms with Crippen LogP contribution in [0.4, 0.5) is 11.4 Å². The molecule has 1 aromatic heterocycles. The largest absolute Gasteiger partial charge is 0.493 e. The number of aromatic nitrogens is 1. The minimum Gasteiger partial charge on any atom is -0.493 e. The lowest BCUT2D eigenvalue weighted by atomic mass is 10.0. The quantitative estimate of drug-likeness (QED) is 0.284. The van der Waals surface area contributed by atoms with E-state index in [9.17, 15) is 30.0 Å². The van der Waals surface area contributed by atoms with Gasteiger partial charge in [-0.25, -0.2) is 0 Å². The molecule has 3 rings (SSSR count). The number of imide groups is 1. The fourth-order valence-electron chi connectivity index (χ4n) is 3.92. The predicted octanol–water partition coefficient (Wildman–Crippen LogP) is 4.98. The van der Waals surface area contributed by atoms with Gasteiger partial charge in [-0.2, -0.15) is 10.5 Å². The number of aromatic hydroxyl groups is 1. The van der Waals surface area contributed by atoms with E-state index in [1.54, 1.807) is 6.92 Å². The molecule has 1 N–H and O–H groups in total. The molecule has 0 unspecified atom stereocenters. The minimum absolute atomic E-state index is 0.0102. The maximum Gasteiger partial charge on any atom is 0.271 e. The summed E-state index contributed by atoms with van der Waals surface area (Å²) in [6, 6.07) is 5.10. The highest BCUT2D eigenvalue weighted by Gasteiger charge is 2.38. The Bertz CT molecular complexity index is 1400. The molecule has 35 heavy (non-hydrogen) atoms. The first-order valence-electron chi connectivity index (χ1n) is 11.1. The summed E-state index contributed by atoms with van der Waals surface area (Å²) in [6.45, 7) is 5.56. The Balaban J connectivity index is 2.14. The lowest BCUT2D eigenvalue weighted by Crippen LogP contribution is -2.29. The van der Waals surface area contributed by atoms with Crippen LogP contribution in [-0.2, 0) is 6.54 Å². The highest BCUT2D eigenvalue weighted by Crippen LogP contribution is 2.41. The van der Waals surface area contributed by atoms with Gasteiger partial charge in [0, 0.05) is 18.7 Å². The number of nitriles is 2. The normalized spacial score (nSPS) is 12.8. The third-order valence-electron chi connectivity index (χ3n) is 5.87. The second-order valence-electron chi connectivity index (χ2n) is 7.98. The van der Waals surface area contributed by atoms with E-state index in [2.05, 4.69) is 33.1 Å². The van der Waals surface area contributed by atoms with Crippen molar-refractivity contribution in [3.63, 3.8) is 0 Å². The molecule has 0 atom stereocenters. The van der Waals surface area contributed by atoms with Crippen LogP contribution >= 0.6 is 15.9 Å². The number of pyridine rings is 1. The molecule has 2 heterocycles. The summed E-state index contributed by atoms with van der Waals surface area (Å²) in [5, 5.41) is 38.2. The number of azo groups is 1. The molecule has 1 aliphatic rings. The molecular weight excluding hydrogens is 516 g/mol. The van der Waals surface area contributed by atoms with Crippen LogP contribution in [0, 0.1) is 29.6 Å². The molecular formula is C24H23BrN6O4. The van der Waals surface area contributed by atoms with Crippen molar-refractivity contribution in [3.8, 4) is 18.0 Å². The Hall–Kier alpha value is -3.83. The summed E-state index contributed by atoms with van der Waals surface area (Å²) in [7, 11) is 0. The molecule has 1 aliphatic heterocycles. The zero-order chi connectivity index (χ0) is 25.9. The molecule has 0 saturated heterocycles. The highest BCUT2D eigenvalue weighted by atomic mass is 79.9. The van der Waals surface area contributed by atoms with Gasteiger partial charge >= 0.3 is 0 Å². The van der Waals surface area contributed by atoms with Gasteiger partial charge in [0.25, 0.3) is 17.4 Å². The van der Waals surface area contributed by atoms with Gasteiger partial charge < -0.3 is 5.11 Å². The van der Waals surface area contributed by atoms with E-state index in [1.807, 2.05) is 12.1 Å². The van der Waals surface area contributed by atoms with Gasteiger partial charge in [-0.1, -0.05) is 26.2 Å². The maximum atomic E-state index is 12.7. The molecule has 0 bridgehead atoms. The molecule has 0 radical (unpaired) electrons. The Morgan fingerprint density at radius 1 is 1.03 bits per heavy atom. The van der Waals surface area contributed by atoms with Crippen molar-refractivity contribution in [3.05, 3.63) is 48.7 Å². The fraction of sp³-hybridized carbons (Fsp3) is 0.375. The summed E-state index contributed by atoms with van der Waals surface area (Å²) in [4.78, 5) is 39.0. The smallest absolute Gasteiger partial charge is 0.271 e. The second-order valence-corrected chi connectivity index (χ2v) is 8.77. The average molecular weight is 539 g/mol. The van der Waals surface area contributed by atoms with Crippen LogP contribution in [0.2, 0.25) is 0 Å². The van der Waals surface area contributed by atoms with Gasteiger partial charge in [-0.3, -0.25) is 23.9 Å². The summed E-state index contributed by atoms with van der Waals surface area (Å²) in [5.41, 5.74) is -0.589. The van der Waals surface area contributed by atoms with Crippen molar-refractivity contribution in [1.82, 2.24) is 9.47 Å². The average Bonchev–Trinajstić information content (AvgIpc) is 3.08. The Labute approximate surface area is 210 Å². The van der Waals surface area contributed by atoms with Crippen LogP contribution in [0.15, 0.2) is 25.6 Å². The van der Waals surface area contributed by atoms with Gasteiger partial charge in [0.15, 0.2) is 5.69 Å². The lowest BCUT2D eigenvalue weighted by molar-refractivity contribution is 0.0662. The monoisotopic (exact) mass is 538 g/mol. The van der Waals surface area contributed by atoms with Crippen LogP contribution in [0.3, 0.4) is 0 Å². The van der Waals surface area contributed by atoms with E-state index in [4.69, 9.17) is 0 Å². The third kappa shape index (κ3) is 4.47. The Morgan fingerprint density at radius 2 is 1.71 bits per heavy atom. The number of nitrogens with zero attached hydrogens (tertiary/aromatic N) is 6. The number of carbonyl (C=O) groups excluding carboxylic acids is 2. The topological polar surface area (TPSA) is 152 Å². The van der Waals surface area contributed by atoms with Crippen molar-refractivity contribution in [1.29, 1.82) is 10.5 Å². The molecule has 2 aromatic rings. The van der Waals surface area contributed by atoms with Crippen molar-refractivity contribution in [2.24, 2.45) is 10.2 Å². The molecule has 0 spiro atoms. The van der Waals surface area contributed by atoms with E-state index < -0.39 is 23.3 Å². The molecule has 1 aromatic carbocycles. The zero-order valence-corrected chi connectivity index (χ0v) is 21.1. The van der Waals surface area contributed by atoms with E-state index in [0.29, 0.717) is 6.42 Å². The number of benzene rings is 1. The molecule has 0 aliphatic carbocycles. The van der Waals surface area contributed by atoms with Crippen molar-refractivity contribution < 1.29 is 14.7 Å². The highest BCUT2D eigenvalue weighted by molar-refractivity contribution is 9.10. The number of unbranched alkanes of at least 4 members (excludes halogenated alkanes) is 3. The first kappa shape index (κ1) is 25.8. The predicted molar refractivity (Wildman–Crippen MR) is 130 cm³/mol. The first-order valence-corrected chi connectivity index (χ1v) is 11.9. The van der Waals surface area contributed by atoms with Crippen molar-refractivity contribution in [2.45, 2.75) is 53.0 Å². The third-order valence-corrected chi connectivity index (χ3v) is 6.64. The number of carbonyl (C=O) groups is 2. The molecule has 180 valence electrons. The number of fused-ring (bicyclic) bond motifs is 1. The van der Waals surface area contributed by atoms with Crippen LogP contribution in [0.25, 0.3) is 0 Å². The maximum absolute atomic E-state index is 12.7. The van der Waals surface area contributed by atoms with Crippen LogP contribution < -0.4 is 5.56 Å². The number of amides is 2. The van der Waals surface area contributed by atoms with E-state index >= 15 is 0 Å². The Morgan fingerprint density at radius 3 is 2.31 bits per heavy atom. The summed E-state index contributed by atoms with van der Waals surface area (Å²) in [6.07, 6.45) is 3.45. The summed E-state index contributed by atoms with van der Waals surface area (Å²) < 4.78 is 1.22. The molecule has 10 nitrogen and oxygen atoms in total. The molecule has 0 saturated carbocycles. The summed E-state index contributed by atoms with van der Waals surface area (Å²) >= 11 is 3.29. The van der Waals surface area contributed by atoms with Crippen LogP contribution in [0.1, 0.15) is 76.9 Å². The van der Waals surface area contributed by atoms with Gasteiger partial charge in [-0.15, -0.1) is 10.2 Å². The van der Waals surface area contributed by atoms with Gasteiger partial charge in [-0.05, 0) is 42.3 Å². The SMILES string of the molecule is CCCCCCn1c(O)c(/N=N/c2c(C#N)cc3c(c2Br)C(=O)N(CC)C3=O)c(C)c(C#N)c1=O. The minimum atomic E-state index is -0.613. The first-order chi connectivity index (χ1) is 16.7. The Kier molecular flexibility index (Phi) is 7.82. The van der Waals surface area contributed by atoms with Crippen molar-refractivity contribution in [2.75, 3.05) is 6.54 Å². The number of hydrogen-bond acceptors (Lipinski definition) is 8. The number of hydrogen-bond donors (Lipinski definition) is 1. The lowest BCUT2D eigenvalue weighted by Gasteiger charge is -2.13. The molecule has 2 amide bonds.